The minimum atomic E-state index is -4.07. The summed E-state index contributed by atoms with van der Waals surface area (Å²) in [5.74, 6) is -1.19. The summed E-state index contributed by atoms with van der Waals surface area (Å²) >= 11 is 0. The number of sulfone groups is 1. The largest absolute Gasteiger partial charge is 0.387 e. The summed E-state index contributed by atoms with van der Waals surface area (Å²) in [6.45, 7) is 5.19. The molecule has 3 heterocycles. The molecule has 0 radical (unpaired) electrons. The van der Waals surface area contributed by atoms with E-state index in [9.17, 15) is 13.5 Å². The average molecular weight is 356 g/mol. The Kier molecular flexibility index (Phi) is 3.42. The van der Waals surface area contributed by atoms with Crippen LogP contribution in [-0.4, -0.2) is 55.5 Å². The molecule has 1 aromatic rings. The first-order valence-electron chi connectivity index (χ1n) is 7.82. The maximum Gasteiger partial charge on any atom is 0.255 e. The molecule has 0 spiro atoms. The van der Waals surface area contributed by atoms with E-state index in [1.165, 1.54) is 12.1 Å². The Morgan fingerprint density at radius 1 is 1.21 bits per heavy atom. The molecule has 3 saturated heterocycles. The summed E-state index contributed by atoms with van der Waals surface area (Å²) in [5, 5.41) is 10.5. The Morgan fingerprint density at radius 2 is 1.88 bits per heavy atom. The SMILES string of the molecule is Cc1ccc(S(=O)(=O)[C@]23OC(C)(C)O[C@@H]2[C@@H](O)[C@H]2CO[C@H]3O2)cc1. The van der Waals surface area contributed by atoms with E-state index in [1.807, 2.05) is 6.92 Å². The van der Waals surface area contributed by atoms with Gasteiger partial charge in [-0.25, -0.2) is 8.42 Å². The van der Waals surface area contributed by atoms with E-state index in [-0.39, 0.29) is 11.5 Å². The molecule has 5 atom stereocenters. The van der Waals surface area contributed by atoms with Crippen LogP contribution in [0.5, 0.6) is 0 Å². The second-order valence-corrected chi connectivity index (χ2v) is 9.02. The van der Waals surface area contributed by atoms with Crippen LogP contribution in [-0.2, 0) is 28.8 Å². The van der Waals surface area contributed by atoms with Crippen molar-refractivity contribution in [1.82, 2.24) is 0 Å². The first kappa shape index (κ1) is 16.4. The van der Waals surface area contributed by atoms with Crippen molar-refractivity contribution >= 4 is 9.84 Å². The first-order valence-corrected chi connectivity index (χ1v) is 9.30. The third-order valence-corrected chi connectivity index (χ3v) is 6.93. The molecule has 3 aliphatic rings. The van der Waals surface area contributed by atoms with Crippen molar-refractivity contribution in [1.29, 1.82) is 0 Å². The van der Waals surface area contributed by atoms with E-state index in [0.717, 1.165) is 5.56 Å². The number of aliphatic hydroxyl groups excluding tert-OH is 1. The molecule has 0 saturated carbocycles. The number of aliphatic hydroxyl groups is 1. The molecule has 2 bridgehead atoms. The molecule has 3 aliphatic heterocycles. The Labute approximate surface area is 140 Å². The summed E-state index contributed by atoms with van der Waals surface area (Å²) in [6.07, 6.45) is -4.03. The third kappa shape index (κ3) is 2.04. The summed E-state index contributed by atoms with van der Waals surface area (Å²) < 4.78 is 49.7. The van der Waals surface area contributed by atoms with Crippen LogP contribution < -0.4 is 0 Å². The van der Waals surface area contributed by atoms with Crippen molar-refractivity contribution in [2.75, 3.05) is 6.61 Å². The normalized spacial score (nSPS) is 40.5. The van der Waals surface area contributed by atoms with E-state index in [4.69, 9.17) is 18.9 Å². The molecule has 132 valence electrons. The van der Waals surface area contributed by atoms with Crippen LogP contribution in [0.2, 0.25) is 0 Å². The molecule has 0 aliphatic carbocycles. The molecule has 24 heavy (non-hydrogen) atoms. The maximum absolute atomic E-state index is 13.4. The summed E-state index contributed by atoms with van der Waals surface area (Å²) in [5.41, 5.74) is 0.934. The van der Waals surface area contributed by atoms with E-state index in [1.54, 1.807) is 26.0 Å². The van der Waals surface area contributed by atoms with Crippen molar-refractivity contribution in [2.24, 2.45) is 0 Å². The molecule has 3 fully saturated rings. The van der Waals surface area contributed by atoms with Gasteiger partial charge in [0.05, 0.1) is 11.5 Å². The van der Waals surface area contributed by atoms with Gasteiger partial charge in [-0.1, -0.05) is 17.7 Å². The number of ether oxygens (including phenoxy) is 4. The maximum atomic E-state index is 13.4. The molecule has 4 rings (SSSR count). The number of rotatable bonds is 2. The van der Waals surface area contributed by atoms with Gasteiger partial charge in [0, 0.05) is 0 Å². The molecule has 0 aromatic heterocycles. The first-order chi connectivity index (χ1) is 11.2. The van der Waals surface area contributed by atoms with Crippen LogP contribution >= 0.6 is 0 Å². The number of hydrogen-bond donors (Lipinski definition) is 1. The predicted molar refractivity (Wildman–Crippen MR) is 81.8 cm³/mol. The van der Waals surface area contributed by atoms with Crippen LogP contribution in [0.15, 0.2) is 29.2 Å². The molecule has 7 nitrogen and oxygen atoms in total. The molecule has 0 unspecified atom stereocenters. The van der Waals surface area contributed by atoms with Gasteiger partial charge in [0.2, 0.25) is 16.1 Å². The summed E-state index contributed by atoms with van der Waals surface area (Å²) in [4.78, 5) is -1.87. The fourth-order valence-electron chi connectivity index (χ4n) is 3.58. The molecular weight excluding hydrogens is 336 g/mol. The zero-order valence-corrected chi connectivity index (χ0v) is 14.4. The highest BCUT2D eigenvalue weighted by Gasteiger charge is 2.74. The van der Waals surface area contributed by atoms with Crippen LogP contribution in [0.1, 0.15) is 19.4 Å². The second kappa shape index (κ2) is 5.00. The molecule has 8 heteroatoms. The summed E-state index contributed by atoms with van der Waals surface area (Å²) in [6, 6.07) is 6.44. The molecule has 0 amide bonds. The highest BCUT2D eigenvalue weighted by atomic mass is 32.2. The lowest BCUT2D eigenvalue weighted by molar-refractivity contribution is -0.218. The standard InChI is InChI=1S/C16H20O7S/c1-9-4-6-10(7-5-9)24(18,19)16-13(22-15(2,3)23-16)12(17)11-8-20-14(16)21-11/h4-7,11-14,17H,8H2,1-3H3/t11-,12+,13-,14+,16-/m1/s1. The number of fused-ring (bicyclic) bond motifs is 4. The molecule has 1 aromatic carbocycles. The van der Waals surface area contributed by atoms with E-state index < -0.39 is 45.2 Å². The van der Waals surface area contributed by atoms with Gasteiger partial charge in [-0.05, 0) is 32.9 Å². The van der Waals surface area contributed by atoms with E-state index in [2.05, 4.69) is 0 Å². The van der Waals surface area contributed by atoms with Crippen LogP contribution in [0.25, 0.3) is 0 Å². The lowest BCUT2D eigenvalue weighted by atomic mass is 10.0. The predicted octanol–water partition coefficient (Wildman–Crippen LogP) is 0.733. The smallest absolute Gasteiger partial charge is 0.255 e. The van der Waals surface area contributed by atoms with Gasteiger partial charge in [0.25, 0.3) is 4.93 Å². The van der Waals surface area contributed by atoms with E-state index in [0.29, 0.717) is 0 Å². The zero-order chi connectivity index (χ0) is 17.3. The lowest BCUT2D eigenvalue weighted by Crippen LogP contribution is -2.65. The Bertz CT molecular complexity index is 757. The van der Waals surface area contributed by atoms with Gasteiger partial charge >= 0.3 is 0 Å². The Balaban J connectivity index is 1.90. The second-order valence-electron chi connectivity index (χ2n) is 6.91. The highest BCUT2D eigenvalue weighted by Crippen LogP contribution is 2.52. The third-order valence-electron chi connectivity index (χ3n) is 4.69. The van der Waals surface area contributed by atoms with Crippen LogP contribution in [0.4, 0.5) is 0 Å². The van der Waals surface area contributed by atoms with Crippen molar-refractivity contribution in [3.8, 4) is 0 Å². The van der Waals surface area contributed by atoms with Gasteiger partial charge in [0.1, 0.15) is 18.3 Å². The van der Waals surface area contributed by atoms with Crippen molar-refractivity contribution in [3.63, 3.8) is 0 Å². The monoisotopic (exact) mass is 356 g/mol. The number of aryl methyl sites for hydroxylation is 1. The Hall–Kier alpha value is -1.03. The van der Waals surface area contributed by atoms with Gasteiger partial charge < -0.3 is 24.1 Å². The minimum Gasteiger partial charge on any atom is -0.387 e. The van der Waals surface area contributed by atoms with Gasteiger partial charge in [-0.3, -0.25) is 0 Å². The van der Waals surface area contributed by atoms with E-state index >= 15 is 0 Å². The van der Waals surface area contributed by atoms with Crippen LogP contribution in [0.3, 0.4) is 0 Å². The number of benzene rings is 1. The van der Waals surface area contributed by atoms with Crippen molar-refractivity contribution < 1.29 is 32.5 Å². The van der Waals surface area contributed by atoms with Gasteiger partial charge in [0.15, 0.2) is 5.79 Å². The quantitative estimate of drug-likeness (QED) is 0.835. The Morgan fingerprint density at radius 3 is 2.54 bits per heavy atom. The van der Waals surface area contributed by atoms with Crippen LogP contribution in [0, 0.1) is 6.92 Å². The molecule has 1 N–H and O–H groups in total. The van der Waals surface area contributed by atoms with Gasteiger partial charge in [-0.15, -0.1) is 0 Å². The fourth-order valence-corrected chi connectivity index (χ4v) is 5.63. The summed E-state index contributed by atoms with van der Waals surface area (Å²) in [7, 11) is -4.07. The van der Waals surface area contributed by atoms with Crippen molar-refractivity contribution in [2.45, 2.75) is 61.0 Å². The topological polar surface area (TPSA) is 91.3 Å². The fraction of sp³-hybridized carbons (Fsp3) is 0.625. The average Bonchev–Trinajstić information content (AvgIpc) is 3.07. The highest BCUT2D eigenvalue weighted by molar-refractivity contribution is 7.92. The van der Waals surface area contributed by atoms with Crippen molar-refractivity contribution in [3.05, 3.63) is 29.8 Å². The lowest BCUT2D eigenvalue weighted by Gasteiger charge is -2.41. The minimum absolute atomic E-state index is 0.0733. The zero-order valence-electron chi connectivity index (χ0n) is 13.6. The number of hydrogen-bond acceptors (Lipinski definition) is 7. The van der Waals surface area contributed by atoms with Gasteiger partial charge in [-0.2, -0.15) is 0 Å². The molecular formula is C16H20O7S.